The van der Waals surface area contributed by atoms with Gasteiger partial charge in [0.1, 0.15) is 0 Å². The van der Waals surface area contributed by atoms with Gasteiger partial charge in [-0.15, -0.1) is 0 Å². The zero-order valence-corrected chi connectivity index (χ0v) is 12.3. The Bertz CT molecular complexity index is 572. The summed E-state index contributed by atoms with van der Waals surface area (Å²) in [6.07, 6.45) is 1.70. The number of nitrogens with two attached hydrogens (primary N) is 1. The molecular formula is C12H19N3O4S. The molecule has 0 heterocycles. The zero-order valence-electron chi connectivity index (χ0n) is 11.5. The lowest BCUT2D eigenvalue weighted by atomic mass is 10.1. The minimum atomic E-state index is -3.16. The molecule has 0 bridgehead atoms. The van der Waals surface area contributed by atoms with E-state index in [4.69, 9.17) is 5.73 Å². The van der Waals surface area contributed by atoms with Gasteiger partial charge in [-0.05, 0) is 18.6 Å². The Balaban J connectivity index is 2.55. The molecule has 0 atom stereocenters. The number of carbonyl (C=O) groups excluding carboxylic acids is 1. The average molecular weight is 301 g/mol. The van der Waals surface area contributed by atoms with Crippen molar-refractivity contribution >= 4 is 27.4 Å². The van der Waals surface area contributed by atoms with E-state index < -0.39 is 16.0 Å². The molecule has 20 heavy (non-hydrogen) atoms. The minimum Gasteiger partial charge on any atom is -0.465 e. The highest BCUT2D eigenvalue weighted by molar-refractivity contribution is 7.88. The van der Waals surface area contributed by atoms with Crippen LogP contribution >= 0.6 is 0 Å². The fourth-order valence-corrected chi connectivity index (χ4v) is 2.09. The van der Waals surface area contributed by atoms with Crippen LogP contribution < -0.4 is 15.8 Å². The fourth-order valence-electron chi connectivity index (χ4n) is 1.58. The second kappa shape index (κ2) is 7.11. The number of para-hydroxylation sites is 1. The normalized spacial score (nSPS) is 11.1. The van der Waals surface area contributed by atoms with Crippen LogP contribution in [0, 0.1) is 0 Å². The largest absolute Gasteiger partial charge is 0.465 e. The highest BCUT2D eigenvalue weighted by atomic mass is 32.2. The van der Waals surface area contributed by atoms with Gasteiger partial charge in [-0.1, -0.05) is 6.07 Å². The van der Waals surface area contributed by atoms with Gasteiger partial charge in [0, 0.05) is 13.1 Å². The first-order valence-corrected chi connectivity index (χ1v) is 7.89. The van der Waals surface area contributed by atoms with Crippen LogP contribution in [0.5, 0.6) is 0 Å². The van der Waals surface area contributed by atoms with E-state index in [0.29, 0.717) is 36.4 Å². The molecule has 0 fully saturated rings. The second-order valence-electron chi connectivity index (χ2n) is 4.21. The Labute approximate surface area is 118 Å². The Morgan fingerprint density at radius 2 is 2.05 bits per heavy atom. The van der Waals surface area contributed by atoms with Crippen molar-refractivity contribution in [1.29, 1.82) is 0 Å². The first-order valence-electron chi connectivity index (χ1n) is 6.00. The van der Waals surface area contributed by atoms with E-state index in [1.807, 2.05) is 0 Å². The van der Waals surface area contributed by atoms with Gasteiger partial charge in [-0.2, -0.15) is 0 Å². The Morgan fingerprint density at radius 3 is 2.65 bits per heavy atom. The molecule has 0 aromatic heterocycles. The molecule has 1 aromatic carbocycles. The first kappa shape index (κ1) is 16.3. The van der Waals surface area contributed by atoms with Crippen molar-refractivity contribution < 1.29 is 17.9 Å². The van der Waals surface area contributed by atoms with E-state index >= 15 is 0 Å². The molecule has 4 N–H and O–H groups in total. The zero-order chi connectivity index (χ0) is 15.2. The van der Waals surface area contributed by atoms with E-state index in [1.54, 1.807) is 18.2 Å². The van der Waals surface area contributed by atoms with Crippen LogP contribution in [0.3, 0.4) is 0 Å². The average Bonchev–Trinajstić information content (AvgIpc) is 2.38. The van der Waals surface area contributed by atoms with Crippen LogP contribution in [-0.2, 0) is 14.8 Å². The van der Waals surface area contributed by atoms with Crippen LogP contribution in [0.15, 0.2) is 18.2 Å². The van der Waals surface area contributed by atoms with Gasteiger partial charge in [0.05, 0.1) is 30.3 Å². The number of ether oxygens (including phenoxy) is 1. The van der Waals surface area contributed by atoms with E-state index in [0.717, 1.165) is 6.26 Å². The number of benzene rings is 1. The summed E-state index contributed by atoms with van der Waals surface area (Å²) in [4.78, 5) is 11.5. The standard InChI is InChI=1S/C12H19N3O4S/c1-19-12(16)9-5-3-6-10(11(9)13)14-7-4-8-15-20(2,17)18/h3,5-6,14-15H,4,7-8,13H2,1-2H3. The third-order valence-electron chi connectivity index (χ3n) is 2.54. The van der Waals surface area contributed by atoms with Gasteiger partial charge in [-0.3, -0.25) is 0 Å². The number of carbonyl (C=O) groups is 1. The van der Waals surface area contributed by atoms with E-state index in [2.05, 4.69) is 14.8 Å². The molecule has 8 heteroatoms. The molecule has 1 aromatic rings. The monoisotopic (exact) mass is 301 g/mol. The van der Waals surface area contributed by atoms with Crippen molar-refractivity contribution in [1.82, 2.24) is 4.72 Å². The van der Waals surface area contributed by atoms with Crippen LogP contribution in [0.1, 0.15) is 16.8 Å². The number of sulfonamides is 1. The fraction of sp³-hybridized carbons (Fsp3) is 0.417. The molecule has 0 aliphatic carbocycles. The van der Waals surface area contributed by atoms with Crippen LogP contribution in [0.2, 0.25) is 0 Å². The number of rotatable bonds is 7. The smallest absolute Gasteiger partial charge is 0.340 e. The lowest BCUT2D eigenvalue weighted by Gasteiger charge is -2.12. The maximum atomic E-state index is 11.5. The number of methoxy groups -OCH3 is 1. The molecule has 0 radical (unpaired) electrons. The molecule has 0 amide bonds. The van der Waals surface area contributed by atoms with E-state index in [9.17, 15) is 13.2 Å². The molecule has 112 valence electrons. The molecule has 0 saturated carbocycles. The van der Waals surface area contributed by atoms with Gasteiger partial charge in [0.15, 0.2) is 0 Å². The number of hydrogen-bond donors (Lipinski definition) is 3. The molecule has 0 aliphatic rings. The quantitative estimate of drug-likeness (QED) is 0.382. The number of hydrogen-bond acceptors (Lipinski definition) is 6. The van der Waals surface area contributed by atoms with Crippen molar-refractivity contribution in [2.75, 3.05) is 37.5 Å². The number of nitrogen functional groups attached to an aromatic ring is 1. The summed E-state index contributed by atoms with van der Waals surface area (Å²) in [7, 11) is -1.87. The third kappa shape index (κ3) is 5.06. The molecule has 0 aliphatic heterocycles. The topological polar surface area (TPSA) is 111 Å². The molecule has 0 saturated heterocycles. The van der Waals surface area contributed by atoms with Gasteiger partial charge in [-0.25, -0.2) is 17.9 Å². The SMILES string of the molecule is COC(=O)c1cccc(NCCCNS(C)(=O)=O)c1N. The Morgan fingerprint density at radius 1 is 1.35 bits per heavy atom. The molecular weight excluding hydrogens is 282 g/mol. The summed E-state index contributed by atoms with van der Waals surface area (Å²) in [5.74, 6) is -0.495. The van der Waals surface area contributed by atoms with Crippen molar-refractivity contribution in [3.63, 3.8) is 0 Å². The highest BCUT2D eigenvalue weighted by Gasteiger charge is 2.12. The van der Waals surface area contributed by atoms with Gasteiger partial charge in [0.25, 0.3) is 0 Å². The van der Waals surface area contributed by atoms with Gasteiger partial charge < -0.3 is 15.8 Å². The highest BCUT2D eigenvalue weighted by Crippen LogP contribution is 2.23. The van der Waals surface area contributed by atoms with Crippen LogP contribution in [-0.4, -0.2) is 40.8 Å². The van der Waals surface area contributed by atoms with Crippen molar-refractivity contribution in [3.05, 3.63) is 23.8 Å². The Hall–Kier alpha value is -1.80. The van der Waals surface area contributed by atoms with Gasteiger partial charge in [0.2, 0.25) is 10.0 Å². The summed E-state index contributed by atoms with van der Waals surface area (Å²) >= 11 is 0. The predicted molar refractivity (Wildman–Crippen MR) is 78.1 cm³/mol. The number of nitrogens with one attached hydrogen (secondary N) is 2. The summed E-state index contributed by atoms with van der Waals surface area (Å²) < 4.78 is 28.8. The summed E-state index contributed by atoms with van der Waals surface area (Å²) in [5.41, 5.74) is 7.10. The summed E-state index contributed by atoms with van der Waals surface area (Å²) in [5, 5.41) is 3.05. The molecule has 1 rings (SSSR count). The van der Waals surface area contributed by atoms with E-state index in [-0.39, 0.29) is 0 Å². The second-order valence-corrected chi connectivity index (χ2v) is 6.04. The summed E-state index contributed by atoms with van der Waals surface area (Å²) in [6.45, 7) is 0.861. The van der Waals surface area contributed by atoms with Crippen molar-refractivity contribution in [2.45, 2.75) is 6.42 Å². The Kier molecular flexibility index (Phi) is 5.78. The molecule has 7 nitrogen and oxygen atoms in total. The van der Waals surface area contributed by atoms with Crippen molar-refractivity contribution in [3.8, 4) is 0 Å². The first-order chi connectivity index (χ1) is 9.35. The lowest BCUT2D eigenvalue weighted by Crippen LogP contribution is -2.24. The maximum absolute atomic E-state index is 11.5. The number of esters is 1. The van der Waals surface area contributed by atoms with Crippen LogP contribution in [0.25, 0.3) is 0 Å². The lowest BCUT2D eigenvalue weighted by molar-refractivity contribution is 0.0602. The summed E-state index contributed by atoms with van der Waals surface area (Å²) in [6, 6.07) is 5.02. The maximum Gasteiger partial charge on any atom is 0.340 e. The van der Waals surface area contributed by atoms with E-state index in [1.165, 1.54) is 7.11 Å². The van der Waals surface area contributed by atoms with Crippen molar-refractivity contribution in [2.24, 2.45) is 0 Å². The minimum absolute atomic E-state index is 0.298. The van der Waals surface area contributed by atoms with Gasteiger partial charge >= 0.3 is 5.97 Å². The molecule has 0 spiro atoms. The molecule has 0 unspecified atom stereocenters. The number of anilines is 2. The van der Waals surface area contributed by atoms with Crippen LogP contribution in [0.4, 0.5) is 11.4 Å². The third-order valence-corrected chi connectivity index (χ3v) is 3.27. The predicted octanol–water partition coefficient (Wildman–Crippen LogP) is 0.407.